The highest BCUT2D eigenvalue weighted by Gasteiger charge is 2.05. The topological polar surface area (TPSA) is 43.3 Å². The third-order valence-corrected chi connectivity index (χ3v) is 3.51. The molecule has 0 unspecified atom stereocenters. The van der Waals surface area contributed by atoms with Crippen molar-refractivity contribution in [3.8, 4) is 0 Å². The summed E-state index contributed by atoms with van der Waals surface area (Å²) >= 11 is 0. The number of nitrogen functional groups attached to an aromatic ring is 1. The predicted molar refractivity (Wildman–Crippen MR) is 78.2 cm³/mol. The van der Waals surface area contributed by atoms with E-state index in [0.717, 1.165) is 29.9 Å². The Balaban J connectivity index is 1.86. The summed E-state index contributed by atoms with van der Waals surface area (Å²) in [6, 6.07) is 12.4. The van der Waals surface area contributed by atoms with Gasteiger partial charge in [0.25, 0.3) is 0 Å². The Hall–Kier alpha value is -2.29. The highest BCUT2D eigenvalue weighted by Crippen LogP contribution is 2.14. The standard InChI is InChI=1S/C16H17N3/c1-12-4-2-3-5-13(12)6-9-16-18-10-15-8-7-14(17)11-19(15)16/h2-5,7-8,10-11H,6,9,17H2,1H3. The minimum atomic E-state index is 0.766. The van der Waals surface area contributed by atoms with Crippen LogP contribution in [0, 0.1) is 6.92 Å². The Kier molecular flexibility index (Phi) is 2.95. The van der Waals surface area contributed by atoms with Crippen molar-refractivity contribution >= 4 is 11.2 Å². The first-order chi connectivity index (χ1) is 9.24. The van der Waals surface area contributed by atoms with Gasteiger partial charge < -0.3 is 10.1 Å². The molecule has 2 N–H and O–H groups in total. The van der Waals surface area contributed by atoms with E-state index in [1.165, 1.54) is 11.1 Å². The zero-order valence-electron chi connectivity index (χ0n) is 11.0. The molecule has 0 bridgehead atoms. The second kappa shape index (κ2) is 4.76. The predicted octanol–water partition coefficient (Wildman–Crippen LogP) is 3.01. The van der Waals surface area contributed by atoms with Crippen molar-refractivity contribution in [1.29, 1.82) is 0 Å². The van der Waals surface area contributed by atoms with Crippen LogP contribution in [0.5, 0.6) is 0 Å². The Morgan fingerprint density at radius 2 is 1.95 bits per heavy atom. The van der Waals surface area contributed by atoms with Gasteiger partial charge in [0, 0.05) is 18.3 Å². The van der Waals surface area contributed by atoms with E-state index >= 15 is 0 Å². The van der Waals surface area contributed by atoms with Gasteiger partial charge in [-0.3, -0.25) is 0 Å². The van der Waals surface area contributed by atoms with E-state index in [4.69, 9.17) is 5.73 Å². The molecule has 0 atom stereocenters. The normalized spacial score (nSPS) is 11.0. The summed E-state index contributed by atoms with van der Waals surface area (Å²) < 4.78 is 2.08. The van der Waals surface area contributed by atoms with Gasteiger partial charge in [-0.15, -0.1) is 0 Å². The summed E-state index contributed by atoms with van der Waals surface area (Å²) in [7, 11) is 0. The van der Waals surface area contributed by atoms with Crippen molar-refractivity contribution in [3.05, 3.63) is 65.7 Å². The third-order valence-electron chi connectivity index (χ3n) is 3.51. The van der Waals surface area contributed by atoms with Crippen LogP contribution in [-0.4, -0.2) is 9.38 Å². The van der Waals surface area contributed by atoms with Gasteiger partial charge in [0.2, 0.25) is 0 Å². The van der Waals surface area contributed by atoms with Crippen LogP contribution in [0.15, 0.2) is 48.8 Å². The molecule has 0 fully saturated rings. The summed E-state index contributed by atoms with van der Waals surface area (Å²) in [6.07, 6.45) is 5.76. The second-order valence-electron chi connectivity index (χ2n) is 4.86. The number of rotatable bonds is 3. The van der Waals surface area contributed by atoms with Gasteiger partial charge >= 0.3 is 0 Å². The first-order valence-corrected chi connectivity index (χ1v) is 6.50. The Morgan fingerprint density at radius 3 is 2.79 bits per heavy atom. The number of hydrogen-bond acceptors (Lipinski definition) is 2. The van der Waals surface area contributed by atoms with E-state index in [9.17, 15) is 0 Å². The summed E-state index contributed by atoms with van der Waals surface area (Å²) in [6.45, 7) is 2.15. The van der Waals surface area contributed by atoms with Gasteiger partial charge in [0.15, 0.2) is 0 Å². The lowest BCUT2D eigenvalue weighted by Gasteiger charge is -2.05. The zero-order chi connectivity index (χ0) is 13.2. The molecule has 0 saturated heterocycles. The van der Waals surface area contributed by atoms with Crippen molar-refractivity contribution in [2.45, 2.75) is 19.8 Å². The molecule has 0 aliphatic rings. The molecule has 3 nitrogen and oxygen atoms in total. The van der Waals surface area contributed by atoms with Crippen molar-refractivity contribution in [2.75, 3.05) is 5.73 Å². The number of anilines is 1. The molecule has 0 aliphatic heterocycles. The van der Waals surface area contributed by atoms with Gasteiger partial charge in [-0.2, -0.15) is 0 Å². The molecule has 0 saturated carbocycles. The molecule has 19 heavy (non-hydrogen) atoms. The summed E-state index contributed by atoms with van der Waals surface area (Å²) in [5.41, 5.74) is 10.4. The van der Waals surface area contributed by atoms with Crippen molar-refractivity contribution < 1.29 is 0 Å². The molecule has 96 valence electrons. The van der Waals surface area contributed by atoms with Crippen LogP contribution in [0.2, 0.25) is 0 Å². The third kappa shape index (κ3) is 2.32. The molecule has 3 heteroatoms. The van der Waals surface area contributed by atoms with Crippen LogP contribution in [0.3, 0.4) is 0 Å². The Bertz CT molecular complexity index is 713. The number of nitrogens with zero attached hydrogens (tertiary/aromatic N) is 2. The number of pyridine rings is 1. The molecule has 3 aromatic rings. The fraction of sp³-hybridized carbons (Fsp3) is 0.188. The fourth-order valence-corrected chi connectivity index (χ4v) is 2.38. The number of aromatic nitrogens is 2. The van der Waals surface area contributed by atoms with E-state index in [1.54, 1.807) is 0 Å². The van der Waals surface area contributed by atoms with Gasteiger partial charge in [0.05, 0.1) is 11.7 Å². The first-order valence-electron chi connectivity index (χ1n) is 6.50. The number of fused-ring (bicyclic) bond motifs is 1. The molecule has 0 aliphatic carbocycles. The van der Waals surface area contributed by atoms with Crippen LogP contribution < -0.4 is 5.73 Å². The number of nitrogens with two attached hydrogens (primary N) is 1. The summed E-state index contributed by atoms with van der Waals surface area (Å²) in [4.78, 5) is 4.49. The van der Waals surface area contributed by atoms with E-state index in [0.29, 0.717) is 0 Å². The average molecular weight is 251 g/mol. The highest BCUT2D eigenvalue weighted by molar-refractivity contribution is 5.52. The molecule has 2 heterocycles. The second-order valence-corrected chi connectivity index (χ2v) is 4.86. The molecule has 2 aromatic heterocycles. The average Bonchev–Trinajstić information content (AvgIpc) is 2.80. The van der Waals surface area contributed by atoms with Crippen molar-refractivity contribution in [1.82, 2.24) is 9.38 Å². The SMILES string of the molecule is Cc1ccccc1CCc1ncc2ccc(N)cn12. The van der Waals surface area contributed by atoms with Gasteiger partial charge in [-0.25, -0.2) is 4.98 Å². The van der Waals surface area contributed by atoms with Gasteiger partial charge in [-0.05, 0) is 36.6 Å². The molecule has 3 rings (SSSR count). The van der Waals surface area contributed by atoms with Crippen LogP contribution >= 0.6 is 0 Å². The summed E-state index contributed by atoms with van der Waals surface area (Å²) in [5.74, 6) is 1.06. The van der Waals surface area contributed by atoms with Crippen LogP contribution in [0.25, 0.3) is 5.52 Å². The van der Waals surface area contributed by atoms with Gasteiger partial charge in [-0.1, -0.05) is 24.3 Å². The number of benzene rings is 1. The van der Waals surface area contributed by atoms with Crippen molar-refractivity contribution in [3.63, 3.8) is 0 Å². The molecule has 0 spiro atoms. The maximum atomic E-state index is 5.83. The lowest BCUT2D eigenvalue weighted by Crippen LogP contribution is -2.00. The smallest absolute Gasteiger partial charge is 0.113 e. The highest BCUT2D eigenvalue weighted by atomic mass is 15.0. The first kappa shape index (κ1) is 11.8. The largest absolute Gasteiger partial charge is 0.398 e. The lowest BCUT2D eigenvalue weighted by atomic mass is 10.0. The van der Waals surface area contributed by atoms with E-state index < -0.39 is 0 Å². The molecular formula is C16H17N3. The van der Waals surface area contributed by atoms with Gasteiger partial charge in [0.1, 0.15) is 5.82 Å². The number of hydrogen-bond donors (Lipinski definition) is 1. The van der Waals surface area contributed by atoms with Crippen LogP contribution in [0.4, 0.5) is 5.69 Å². The zero-order valence-corrected chi connectivity index (χ0v) is 11.0. The monoisotopic (exact) mass is 251 g/mol. The Labute approximate surface area is 112 Å². The molecule has 0 amide bonds. The van der Waals surface area contributed by atoms with Crippen molar-refractivity contribution in [2.24, 2.45) is 0 Å². The lowest BCUT2D eigenvalue weighted by molar-refractivity contribution is 0.850. The molecular weight excluding hydrogens is 234 g/mol. The van der Waals surface area contributed by atoms with E-state index in [2.05, 4.69) is 40.6 Å². The summed E-state index contributed by atoms with van der Waals surface area (Å²) in [5, 5.41) is 0. The quantitative estimate of drug-likeness (QED) is 0.777. The maximum absolute atomic E-state index is 5.83. The number of imidazole rings is 1. The van der Waals surface area contributed by atoms with Crippen LogP contribution in [-0.2, 0) is 12.8 Å². The molecule has 0 radical (unpaired) electrons. The van der Waals surface area contributed by atoms with Crippen LogP contribution in [0.1, 0.15) is 17.0 Å². The van der Waals surface area contributed by atoms with E-state index in [1.807, 2.05) is 24.5 Å². The minimum absolute atomic E-state index is 0.766. The fourth-order valence-electron chi connectivity index (χ4n) is 2.38. The van der Waals surface area contributed by atoms with E-state index in [-0.39, 0.29) is 0 Å². The molecule has 1 aromatic carbocycles. The number of aryl methyl sites for hydroxylation is 3. The maximum Gasteiger partial charge on any atom is 0.113 e. The minimum Gasteiger partial charge on any atom is -0.398 e. The Morgan fingerprint density at radius 1 is 1.11 bits per heavy atom.